The monoisotopic (exact) mass is 224 g/mol. The molecule has 0 saturated heterocycles. The van der Waals surface area contributed by atoms with E-state index in [9.17, 15) is 9.18 Å². The van der Waals surface area contributed by atoms with Crippen molar-refractivity contribution in [2.45, 2.75) is 13.5 Å². The highest BCUT2D eigenvalue weighted by molar-refractivity contribution is 7.11. The molecule has 0 aliphatic heterocycles. The van der Waals surface area contributed by atoms with Gasteiger partial charge in [-0.2, -0.15) is 0 Å². The lowest BCUT2D eigenvalue weighted by molar-refractivity contribution is 0.595. The van der Waals surface area contributed by atoms with E-state index in [1.807, 2.05) is 6.92 Å². The van der Waals surface area contributed by atoms with Gasteiger partial charge in [-0.25, -0.2) is 9.37 Å². The van der Waals surface area contributed by atoms with E-state index in [-0.39, 0.29) is 5.56 Å². The Kier molecular flexibility index (Phi) is 2.64. The van der Waals surface area contributed by atoms with Crippen LogP contribution in [0, 0.1) is 12.7 Å². The lowest BCUT2D eigenvalue weighted by Crippen LogP contribution is -2.19. The molecule has 2 heterocycles. The summed E-state index contributed by atoms with van der Waals surface area (Å²) in [6.45, 7) is 2.27. The van der Waals surface area contributed by atoms with Gasteiger partial charge in [-0.1, -0.05) is 0 Å². The van der Waals surface area contributed by atoms with Crippen molar-refractivity contribution in [3.63, 3.8) is 0 Å². The lowest BCUT2D eigenvalue weighted by atomic mass is 10.4. The average Bonchev–Trinajstić information content (AvgIpc) is 2.58. The van der Waals surface area contributed by atoms with Gasteiger partial charge in [0.2, 0.25) is 0 Å². The summed E-state index contributed by atoms with van der Waals surface area (Å²) in [5, 5.41) is 0.806. The van der Waals surface area contributed by atoms with Crippen molar-refractivity contribution >= 4 is 11.3 Å². The molecule has 0 atom stereocenters. The van der Waals surface area contributed by atoms with Gasteiger partial charge < -0.3 is 4.57 Å². The van der Waals surface area contributed by atoms with E-state index in [0.717, 1.165) is 16.0 Å². The van der Waals surface area contributed by atoms with Crippen LogP contribution in [0.1, 0.15) is 9.88 Å². The number of aromatic nitrogens is 2. The summed E-state index contributed by atoms with van der Waals surface area (Å²) in [7, 11) is 0. The Morgan fingerprint density at radius 2 is 2.33 bits per heavy atom. The quantitative estimate of drug-likeness (QED) is 0.779. The molecular formula is C10H9FN2OS. The zero-order valence-electron chi connectivity index (χ0n) is 8.11. The van der Waals surface area contributed by atoms with Gasteiger partial charge in [0, 0.05) is 23.3 Å². The number of aryl methyl sites for hydroxylation is 1. The predicted molar refractivity (Wildman–Crippen MR) is 56.6 cm³/mol. The standard InChI is InChI=1S/C10H9FN2OS/c1-7-4-12-9(15-7)6-13-5-8(11)2-3-10(13)14/h2-5H,6H2,1H3. The van der Waals surface area contributed by atoms with Crippen molar-refractivity contribution in [3.8, 4) is 0 Å². The van der Waals surface area contributed by atoms with E-state index in [2.05, 4.69) is 4.98 Å². The van der Waals surface area contributed by atoms with E-state index in [1.54, 1.807) is 6.20 Å². The molecule has 2 aromatic heterocycles. The van der Waals surface area contributed by atoms with E-state index in [1.165, 1.54) is 28.2 Å². The van der Waals surface area contributed by atoms with Crippen LogP contribution in [0.3, 0.4) is 0 Å². The van der Waals surface area contributed by atoms with Crippen molar-refractivity contribution in [2.24, 2.45) is 0 Å². The molecule has 0 bridgehead atoms. The maximum Gasteiger partial charge on any atom is 0.251 e. The molecule has 0 amide bonds. The zero-order chi connectivity index (χ0) is 10.8. The molecule has 0 aromatic carbocycles. The maximum atomic E-state index is 12.9. The number of nitrogens with zero attached hydrogens (tertiary/aromatic N) is 2. The molecule has 2 aromatic rings. The van der Waals surface area contributed by atoms with Gasteiger partial charge in [0.25, 0.3) is 5.56 Å². The summed E-state index contributed by atoms with van der Waals surface area (Å²) >= 11 is 1.50. The Morgan fingerprint density at radius 3 is 3.00 bits per heavy atom. The van der Waals surface area contributed by atoms with E-state index in [4.69, 9.17) is 0 Å². The van der Waals surface area contributed by atoms with Gasteiger partial charge >= 0.3 is 0 Å². The Labute approximate surface area is 89.8 Å². The second kappa shape index (κ2) is 3.94. The van der Waals surface area contributed by atoms with Crippen LogP contribution in [0.5, 0.6) is 0 Å². The normalized spacial score (nSPS) is 10.5. The lowest BCUT2D eigenvalue weighted by Gasteiger charge is -2.01. The first-order chi connectivity index (χ1) is 7.15. The van der Waals surface area contributed by atoms with Crippen LogP contribution >= 0.6 is 11.3 Å². The summed E-state index contributed by atoms with van der Waals surface area (Å²) in [5.74, 6) is -0.414. The third-order valence-electron chi connectivity index (χ3n) is 1.92. The molecule has 0 aliphatic rings. The van der Waals surface area contributed by atoms with Gasteiger partial charge in [-0.05, 0) is 13.0 Å². The van der Waals surface area contributed by atoms with Crippen LogP contribution < -0.4 is 5.56 Å². The van der Waals surface area contributed by atoms with Crippen LogP contribution in [-0.4, -0.2) is 9.55 Å². The first kappa shape index (κ1) is 10.0. The van der Waals surface area contributed by atoms with Crippen LogP contribution in [0.25, 0.3) is 0 Å². The Balaban J connectivity index is 2.31. The molecule has 78 valence electrons. The average molecular weight is 224 g/mol. The molecule has 5 heteroatoms. The number of hydrogen-bond acceptors (Lipinski definition) is 3. The number of hydrogen-bond donors (Lipinski definition) is 0. The summed E-state index contributed by atoms with van der Waals surface area (Å²) in [6.07, 6.45) is 2.93. The molecule has 0 radical (unpaired) electrons. The molecule has 0 unspecified atom stereocenters. The minimum Gasteiger partial charge on any atom is -0.306 e. The van der Waals surface area contributed by atoms with Crippen LogP contribution in [-0.2, 0) is 6.54 Å². The minimum atomic E-state index is -0.414. The van der Waals surface area contributed by atoms with Gasteiger partial charge in [0.05, 0.1) is 6.54 Å². The fraction of sp³-hybridized carbons (Fsp3) is 0.200. The van der Waals surface area contributed by atoms with Crippen molar-refractivity contribution in [1.82, 2.24) is 9.55 Å². The molecule has 0 saturated carbocycles. The highest BCUT2D eigenvalue weighted by Gasteiger charge is 2.02. The fourth-order valence-corrected chi connectivity index (χ4v) is 2.03. The first-order valence-corrected chi connectivity index (χ1v) is 5.24. The fourth-order valence-electron chi connectivity index (χ4n) is 1.25. The van der Waals surface area contributed by atoms with Gasteiger partial charge in [0.1, 0.15) is 10.8 Å². The SMILES string of the molecule is Cc1cnc(Cn2cc(F)ccc2=O)s1. The van der Waals surface area contributed by atoms with Crippen LogP contribution in [0.2, 0.25) is 0 Å². The maximum absolute atomic E-state index is 12.9. The molecule has 0 fully saturated rings. The van der Waals surface area contributed by atoms with Crippen LogP contribution in [0.4, 0.5) is 4.39 Å². The van der Waals surface area contributed by atoms with Crippen molar-refractivity contribution in [2.75, 3.05) is 0 Å². The topological polar surface area (TPSA) is 34.9 Å². The Hall–Kier alpha value is -1.49. The molecule has 3 nitrogen and oxygen atoms in total. The number of thiazole rings is 1. The molecular weight excluding hydrogens is 215 g/mol. The third kappa shape index (κ3) is 2.30. The number of pyridine rings is 1. The van der Waals surface area contributed by atoms with Crippen LogP contribution in [0.15, 0.2) is 29.3 Å². The number of rotatable bonds is 2. The largest absolute Gasteiger partial charge is 0.306 e. The molecule has 0 N–H and O–H groups in total. The summed E-state index contributed by atoms with van der Waals surface area (Å²) in [5.41, 5.74) is -0.218. The summed E-state index contributed by atoms with van der Waals surface area (Å²) < 4.78 is 14.2. The first-order valence-electron chi connectivity index (χ1n) is 4.42. The molecule has 0 spiro atoms. The minimum absolute atomic E-state index is 0.218. The smallest absolute Gasteiger partial charge is 0.251 e. The molecule has 15 heavy (non-hydrogen) atoms. The van der Waals surface area contributed by atoms with E-state index in [0.29, 0.717) is 6.54 Å². The third-order valence-corrected chi connectivity index (χ3v) is 2.82. The Morgan fingerprint density at radius 1 is 1.53 bits per heavy atom. The highest BCUT2D eigenvalue weighted by atomic mass is 32.1. The summed E-state index contributed by atoms with van der Waals surface area (Å²) in [4.78, 5) is 16.6. The predicted octanol–water partition coefficient (Wildman–Crippen LogP) is 1.80. The van der Waals surface area contributed by atoms with E-state index >= 15 is 0 Å². The van der Waals surface area contributed by atoms with Gasteiger partial charge in [-0.3, -0.25) is 4.79 Å². The van der Waals surface area contributed by atoms with Gasteiger partial charge in [0.15, 0.2) is 0 Å². The molecule has 2 rings (SSSR count). The van der Waals surface area contributed by atoms with Gasteiger partial charge in [-0.15, -0.1) is 11.3 Å². The number of halogens is 1. The highest BCUT2D eigenvalue weighted by Crippen LogP contribution is 2.11. The van der Waals surface area contributed by atoms with Crippen molar-refractivity contribution < 1.29 is 4.39 Å². The second-order valence-electron chi connectivity index (χ2n) is 3.18. The van der Waals surface area contributed by atoms with E-state index < -0.39 is 5.82 Å². The molecule has 0 aliphatic carbocycles. The zero-order valence-corrected chi connectivity index (χ0v) is 8.92. The van der Waals surface area contributed by atoms with Crippen molar-refractivity contribution in [1.29, 1.82) is 0 Å². The second-order valence-corrected chi connectivity index (χ2v) is 4.50. The van der Waals surface area contributed by atoms with Crippen molar-refractivity contribution in [3.05, 3.63) is 50.6 Å². The summed E-state index contributed by atoms with van der Waals surface area (Å²) in [6, 6.07) is 2.38. The Bertz CT molecular complexity index is 532.